The Morgan fingerprint density at radius 1 is 1.15 bits per heavy atom. The third-order valence-electron chi connectivity index (χ3n) is 2.35. The number of carbonyl (C=O) groups excluding carboxylic acids is 1. The number of carboxylic acid groups (broad SMARTS) is 1. The molecule has 0 fully saturated rings. The molecule has 2 rings (SSSR count). The number of hydrogen-bond acceptors (Lipinski definition) is 3. The molecule has 104 valence electrons. The summed E-state index contributed by atoms with van der Waals surface area (Å²) in [6.45, 7) is 0. The number of amides is 1. The molecule has 0 saturated carbocycles. The molecular formula is C12H6Br3NO3S. The summed E-state index contributed by atoms with van der Waals surface area (Å²) in [6, 6.07) is 4.78. The van der Waals surface area contributed by atoms with Crippen LogP contribution in [0.3, 0.4) is 0 Å². The van der Waals surface area contributed by atoms with E-state index in [0.29, 0.717) is 14.5 Å². The van der Waals surface area contributed by atoms with Gasteiger partial charge in [-0.15, -0.1) is 11.3 Å². The second kappa shape index (κ2) is 6.38. The van der Waals surface area contributed by atoms with E-state index in [1.54, 1.807) is 17.5 Å². The summed E-state index contributed by atoms with van der Waals surface area (Å²) in [5, 5.41) is 13.5. The minimum absolute atomic E-state index is 0.00824. The maximum absolute atomic E-state index is 12.1. The molecule has 1 aromatic heterocycles. The van der Waals surface area contributed by atoms with Crippen LogP contribution in [0.25, 0.3) is 0 Å². The molecule has 4 nitrogen and oxygen atoms in total. The second-order valence-electron chi connectivity index (χ2n) is 3.71. The van der Waals surface area contributed by atoms with Crippen molar-refractivity contribution in [3.05, 3.63) is 47.4 Å². The molecule has 2 aromatic rings. The number of aromatic carboxylic acids is 1. The molecule has 0 atom stereocenters. The number of benzene rings is 1. The molecule has 0 aliphatic rings. The number of hydrogen-bond donors (Lipinski definition) is 2. The van der Waals surface area contributed by atoms with E-state index in [9.17, 15) is 14.7 Å². The lowest BCUT2D eigenvalue weighted by molar-refractivity contribution is 0.0698. The van der Waals surface area contributed by atoms with Crippen LogP contribution in [0, 0.1) is 0 Å². The molecule has 0 radical (unpaired) electrons. The van der Waals surface area contributed by atoms with Crippen LogP contribution in [0.2, 0.25) is 0 Å². The fraction of sp³-hybridized carbons (Fsp3) is 0. The number of halogens is 3. The van der Waals surface area contributed by atoms with Crippen LogP contribution in [-0.4, -0.2) is 17.0 Å². The van der Waals surface area contributed by atoms with E-state index in [1.165, 1.54) is 17.4 Å². The molecule has 1 aromatic carbocycles. The van der Waals surface area contributed by atoms with Gasteiger partial charge in [0.15, 0.2) is 0 Å². The lowest BCUT2D eigenvalue weighted by Crippen LogP contribution is -2.14. The van der Waals surface area contributed by atoms with Crippen molar-refractivity contribution in [1.29, 1.82) is 0 Å². The van der Waals surface area contributed by atoms with Crippen LogP contribution in [0.5, 0.6) is 0 Å². The third-order valence-corrected chi connectivity index (χ3v) is 4.94. The van der Waals surface area contributed by atoms with E-state index in [4.69, 9.17) is 0 Å². The van der Waals surface area contributed by atoms with Gasteiger partial charge in [0.1, 0.15) is 0 Å². The minimum Gasteiger partial charge on any atom is -0.478 e. The highest BCUT2D eigenvalue weighted by molar-refractivity contribution is 9.11. The van der Waals surface area contributed by atoms with Crippen molar-refractivity contribution in [2.24, 2.45) is 0 Å². The first-order chi connectivity index (χ1) is 9.38. The van der Waals surface area contributed by atoms with Gasteiger partial charge in [0.25, 0.3) is 5.91 Å². The summed E-state index contributed by atoms with van der Waals surface area (Å²) in [7, 11) is 0. The predicted molar refractivity (Wildman–Crippen MR) is 88.8 cm³/mol. The molecule has 0 spiro atoms. The maximum atomic E-state index is 12.1. The Bertz CT molecular complexity index is 699. The lowest BCUT2D eigenvalue weighted by Gasteiger charge is -2.10. The molecule has 0 bridgehead atoms. The Kier molecular flexibility index (Phi) is 5.00. The number of rotatable bonds is 3. The van der Waals surface area contributed by atoms with Crippen molar-refractivity contribution >= 4 is 76.7 Å². The molecule has 0 aliphatic heterocycles. The van der Waals surface area contributed by atoms with Gasteiger partial charge in [-0.3, -0.25) is 4.79 Å². The zero-order chi connectivity index (χ0) is 14.9. The van der Waals surface area contributed by atoms with Gasteiger partial charge >= 0.3 is 5.97 Å². The fourth-order valence-electron chi connectivity index (χ4n) is 1.48. The molecule has 0 unspecified atom stereocenters. The Morgan fingerprint density at radius 2 is 1.85 bits per heavy atom. The number of carboxylic acids is 1. The zero-order valence-corrected chi connectivity index (χ0v) is 15.2. The van der Waals surface area contributed by atoms with E-state index in [1.807, 2.05) is 0 Å². The summed E-state index contributed by atoms with van der Waals surface area (Å²) >= 11 is 11.1. The van der Waals surface area contributed by atoms with Crippen LogP contribution >= 0.6 is 59.1 Å². The summed E-state index contributed by atoms with van der Waals surface area (Å²) in [6.07, 6.45) is 0. The smallest absolute Gasteiger partial charge is 0.337 e. The van der Waals surface area contributed by atoms with Gasteiger partial charge in [-0.1, -0.05) is 15.9 Å². The first-order valence-corrected chi connectivity index (χ1v) is 8.42. The van der Waals surface area contributed by atoms with Gasteiger partial charge < -0.3 is 10.4 Å². The second-order valence-corrected chi connectivity index (χ2v) is 7.77. The van der Waals surface area contributed by atoms with Crippen molar-refractivity contribution in [2.45, 2.75) is 0 Å². The van der Waals surface area contributed by atoms with Gasteiger partial charge in [-0.2, -0.15) is 0 Å². The Labute approximate surface area is 143 Å². The SMILES string of the molecule is O=C(Nc1c(Br)cc(Br)cc1C(=O)O)c1csc(Br)c1. The topological polar surface area (TPSA) is 66.4 Å². The first-order valence-electron chi connectivity index (χ1n) is 5.16. The molecule has 0 aliphatic carbocycles. The summed E-state index contributed by atoms with van der Waals surface area (Å²) < 4.78 is 1.93. The average Bonchev–Trinajstić information content (AvgIpc) is 2.78. The summed E-state index contributed by atoms with van der Waals surface area (Å²) in [4.78, 5) is 23.3. The van der Waals surface area contributed by atoms with Crippen molar-refractivity contribution in [2.75, 3.05) is 5.32 Å². The van der Waals surface area contributed by atoms with Gasteiger partial charge in [-0.25, -0.2) is 4.79 Å². The molecular weight excluding hydrogens is 478 g/mol. The fourth-order valence-corrected chi connectivity index (χ4v) is 3.95. The first kappa shape index (κ1) is 15.7. The maximum Gasteiger partial charge on any atom is 0.337 e. The van der Waals surface area contributed by atoms with Crippen LogP contribution in [0.1, 0.15) is 20.7 Å². The summed E-state index contributed by atoms with van der Waals surface area (Å²) in [5.74, 6) is -1.48. The zero-order valence-electron chi connectivity index (χ0n) is 9.62. The van der Waals surface area contributed by atoms with Crippen LogP contribution in [-0.2, 0) is 0 Å². The Hall–Kier alpha value is -0.700. The van der Waals surface area contributed by atoms with Crippen LogP contribution in [0.4, 0.5) is 5.69 Å². The molecule has 2 N–H and O–H groups in total. The van der Waals surface area contributed by atoms with Crippen LogP contribution < -0.4 is 5.32 Å². The Balaban J connectivity index is 2.38. The highest BCUT2D eigenvalue weighted by Crippen LogP contribution is 2.31. The van der Waals surface area contributed by atoms with E-state index >= 15 is 0 Å². The number of carbonyl (C=O) groups is 2. The Morgan fingerprint density at radius 3 is 2.40 bits per heavy atom. The van der Waals surface area contributed by atoms with Gasteiger partial charge in [0.05, 0.1) is 20.6 Å². The van der Waals surface area contributed by atoms with Crippen molar-refractivity contribution in [3.63, 3.8) is 0 Å². The highest BCUT2D eigenvalue weighted by Gasteiger charge is 2.18. The third kappa shape index (κ3) is 3.49. The predicted octanol–water partition coefficient (Wildman–Crippen LogP) is 4.99. The molecule has 1 heterocycles. The van der Waals surface area contributed by atoms with Gasteiger partial charge in [0.2, 0.25) is 0 Å². The van der Waals surface area contributed by atoms with E-state index < -0.39 is 5.97 Å². The number of anilines is 1. The molecule has 0 saturated heterocycles. The molecule has 8 heteroatoms. The number of nitrogens with one attached hydrogen (secondary N) is 1. The molecule has 1 amide bonds. The quantitative estimate of drug-likeness (QED) is 0.646. The van der Waals surface area contributed by atoms with E-state index in [-0.39, 0.29) is 17.2 Å². The standard InChI is InChI=1S/C12H6Br3NO3S/c13-6-2-7(12(18)19)10(8(14)3-6)16-11(17)5-1-9(15)20-4-5/h1-4H,(H,16,17)(H,18,19). The van der Waals surface area contributed by atoms with Gasteiger partial charge in [-0.05, 0) is 50.1 Å². The highest BCUT2D eigenvalue weighted by atomic mass is 79.9. The summed E-state index contributed by atoms with van der Waals surface area (Å²) in [5.41, 5.74) is 0.704. The van der Waals surface area contributed by atoms with Crippen LogP contribution in [0.15, 0.2) is 36.3 Å². The number of thiophene rings is 1. The van der Waals surface area contributed by atoms with Crippen molar-refractivity contribution in [1.82, 2.24) is 0 Å². The normalized spacial score (nSPS) is 10.3. The van der Waals surface area contributed by atoms with E-state index in [0.717, 1.165) is 3.79 Å². The molecule has 20 heavy (non-hydrogen) atoms. The average molecular weight is 484 g/mol. The minimum atomic E-state index is -1.12. The largest absolute Gasteiger partial charge is 0.478 e. The lowest BCUT2D eigenvalue weighted by atomic mass is 10.1. The van der Waals surface area contributed by atoms with Crippen molar-refractivity contribution < 1.29 is 14.7 Å². The van der Waals surface area contributed by atoms with Gasteiger partial charge in [0, 0.05) is 14.3 Å². The van der Waals surface area contributed by atoms with E-state index in [2.05, 4.69) is 53.1 Å². The monoisotopic (exact) mass is 481 g/mol. The van der Waals surface area contributed by atoms with Crippen molar-refractivity contribution in [3.8, 4) is 0 Å².